The highest BCUT2D eigenvalue weighted by atomic mass is 19.1. The van der Waals surface area contributed by atoms with E-state index < -0.39 is 5.82 Å². The summed E-state index contributed by atoms with van der Waals surface area (Å²) in [6.07, 6.45) is 0.819. The first-order valence-electron chi connectivity index (χ1n) is 6.67. The van der Waals surface area contributed by atoms with Gasteiger partial charge in [0.05, 0.1) is 0 Å². The van der Waals surface area contributed by atoms with Crippen LogP contribution in [0.5, 0.6) is 17.2 Å². The number of phenols is 1. The third kappa shape index (κ3) is 3.20. The van der Waals surface area contributed by atoms with E-state index in [0.717, 1.165) is 18.5 Å². The van der Waals surface area contributed by atoms with Crippen LogP contribution in [-0.2, 0) is 6.42 Å². The van der Waals surface area contributed by atoms with Crippen molar-refractivity contribution in [2.24, 2.45) is 0 Å². The molecule has 0 aliphatic rings. The van der Waals surface area contributed by atoms with E-state index in [1.165, 1.54) is 6.07 Å². The number of aryl methyl sites for hydroxylation is 1. The van der Waals surface area contributed by atoms with E-state index >= 15 is 0 Å². The molecule has 0 bridgehead atoms. The Morgan fingerprint density at radius 2 is 1.85 bits per heavy atom. The third-order valence-corrected chi connectivity index (χ3v) is 2.96. The van der Waals surface area contributed by atoms with Crippen LogP contribution in [0.15, 0.2) is 36.4 Å². The average Bonchev–Trinajstić information content (AvgIpc) is 2.44. The molecule has 4 heteroatoms. The number of phenolic OH excluding ortho intramolecular Hbond substituents is 1. The molecule has 0 spiro atoms. The summed E-state index contributed by atoms with van der Waals surface area (Å²) in [6, 6.07) is 9.77. The summed E-state index contributed by atoms with van der Waals surface area (Å²) in [5, 5.41) is 12.9. The standard InChI is InChI=1S/C16H18FNO2/c1-3-11-5-7-16(14(19)9-11)20-15-8-6-12(18-4-2)10-13(15)17/h5-10,18-19H,3-4H2,1-2H3. The molecule has 0 fully saturated rings. The molecule has 0 radical (unpaired) electrons. The number of rotatable bonds is 5. The molecule has 0 aliphatic carbocycles. The van der Waals surface area contributed by atoms with Crippen molar-refractivity contribution in [3.63, 3.8) is 0 Å². The van der Waals surface area contributed by atoms with Crippen molar-refractivity contribution in [3.05, 3.63) is 47.8 Å². The van der Waals surface area contributed by atoms with E-state index in [1.54, 1.807) is 24.3 Å². The van der Waals surface area contributed by atoms with E-state index in [-0.39, 0.29) is 17.2 Å². The second-order valence-corrected chi connectivity index (χ2v) is 4.43. The number of hydrogen-bond donors (Lipinski definition) is 2. The maximum atomic E-state index is 13.9. The fourth-order valence-corrected chi connectivity index (χ4v) is 1.89. The van der Waals surface area contributed by atoms with Crippen LogP contribution in [0.1, 0.15) is 19.4 Å². The number of aromatic hydroxyl groups is 1. The SMILES string of the molecule is CCNc1ccc(Oc2ccc(CC)cc2O)c(F)c1. The van der Waals surface area contributed by atoms with Gasteiger partial charge < -0.3 is 15.2 Å². The summed E-state index contributed by atoms with van der Waals surface area (Å²) in [6.45, 7) is 4.66. The molecule has 2 N–H and O–H groups in total. The van der Waals surface area contributed by atoms with Gasteiger partial charge in [-0.2, -0.15) is 0 Å². The van der Waals surface area contributed by atoms with Gasteiger partial charge in [0.2, 0.25) is 0 Å². The Bertz CT molecular complexity index is 599. The van der Waals surface area contributed by atoms with E-state index in [4.69, 9.17) is 4.74 Å². The van der Waals surface area contributed by atoms with Gasteiger partial charge in [-0.3, -0.25) is 0 Å². The normalized spacial score (nSPS) is 10.3. The Kier molecular flexibility index (Phi) is 4.45. The quantitative estimate of drug-likeness (QED) is 0.854. The summed E-state index contributed by atoms with van der Waals surface area (Å²) in [5.41, 5.74) is 1.70. The molecule has 2 aromatic rings. The molecule has 0 unspecified atom stereocenters. The zero-order chi connectivity index (χ0) is 14.5. The minimum Gasteiger partial charge on any atom is -0.504 e. The Morgan fingerprint density at radius 1 is 1.10 bits per heavy atom. The third-order valence-electron chi connectivity index (χ3n) is 2.96. The molecule has 0 aromatic heterocycles. The Balaban J connectivity index is 2.21. The molecular formula is C16H18FNO2. The Morgan fingerprint density at radius 3 is 2.45 bits per heavy atom. The number of ether oxygens (including phenoxy) is 1. The molecule has 0 saturated heterocycles. The van der Waals surface area contributed by atoms with Crippen LogP contribution < -0.4 is 10.1 Å². The lowest BCUT2D eigenvalue weighted by molar-refractivity contribution is 0.395. The van der Waals surface area contributed by atoms with E-state index in [1.807, 2.05) is 19.9 Å². The van der Waals surface area contributed by atoms with E-state index in [0.29, 0.717) is 5.69 Å². The highest BCUT2D eigenvalue weighted by molar-refractivity contribution is 5.49. The second-order valence-electron chi connectivity index (χ2n) is 4.43. The van der Waals surface area contributed by atoms with Gasteiger partial charge in [-0.1, -0.05) is 13.0 Å². The monoisotopic (exact) mass is 275 g/mol. The van der Waals surface area contributed by atoms with Gasteiger partial charge in [-0.25, -0.2) is 4.39 Å². The molecule has 0 aliphatic heterocycles. The molecule has 2 rings (SSSR count). The summed E-state index contributed by atoms with van der Waals surface area (Å²) >= 11 is 0. The number of nitrogens with one attached hydrogen (secondary N) is 1. The van der Waals surface area contributed by atoms with E-state index in [9.17, 15) is 9.50 Å². The summed E-state index contributed by atoms with van der Waals surface area (Å²) in [7, 11) is 0. The van der Waals surface area contributed by atoms with Gasteiger partial charge in [0.25, 0.3) is 0 Å². The van der Waals surface area contributed by atoms with Crippen molar-refractivity contribution in [1.29, 1.82) is 0 Å². The first-order valence-corrected chi connectivity index (χ1v) is 6.67. The molecule has 0 amide bonds. The second kappa shape index (κ2) is 6.28. The topological polar surface area (TPSA) is 41.5 Å². The van der Waals surface area contributed by atoms with Crippen molar-refractivity contribution in [1.82, 2.24) is 0 Å². The molecule has 3 nitrogen and oxygen atoms in total. The molecule has 0 heterocycles. The minimum atomic E-state index is -0.470. The average molecular weight is 275 g/mol. The molecular weight excluding hydrogens is 257 g/mol. The largest absolute Gasteiger partial charge is 0.504 e. The number of halogens is 1. The maximum absolute atomic E-state index is 13.9. The van der Waals surface area contributed by atoms with Gasteiger partial charge in [0.1, 0.15) is 0 Å². The Labute approximate surface area is 118 Å². The van der Waals surface area contributed by atoms with E-state index in [2.05, 4.69) is 5.32 Å². The first-order chi connectivity index (χ1) is 9.63. The number of hydrogen-bond acceptors (Lipinski definition) is 3. The lowest BCUT2D eigenvalue weighted by atomic mass is 10.1. The lowest BCUT2D eigenvalue weighted by Gasteiger charge is -2.11. The predicted molar refractivity (Wildman–Crippen MR) is 78.1 cm³/mol. The molecule has 106 valence electrons. The highest BCUT2D eigenvalue weighted by Crippen LogP contribution is 2.33. The van der Waals surface area contributed by atoms with Gasteiger partial charge in [-0.05, 0) is 43.2 Å². The van der Waals surface area contributed by atoms with Crippen LogP contribution >= 0.6 is 0 Å². The zero-order valence-corrected chi connectivity index (χ0v) is 11.6. The molecule has 20 heavy (non-hydrogen) atoms. The van der Waals surface area contributed by atoms with Gasteiger partial charge in [0, 0.05) is 18.3 Å². The molecule has 0 atom stereocenters. The lowest BCUT2D eigenvalue weighted by Crippen LogP contribution is -1.97. The summed E-state index contributed by atoms with van der Waals surface area (Å²) < 4.78 is 19.3. The van der Waals surface area contributed by atoms with Crippen molar-refractivity contribution in [2.75, 3.05) is 11.9 Å². The van der Waals surface area contributed by atoms with Crippen molar-refractivity contribution >= 4 is 5.69 Å². The fraction of sp³-hybridized carbons (Fsp3) is 0.250. The van der Waals surface area contributed by atoms with Crippen LogP contribution in [-0.4, -0.2) is 11.7 Å². The van der Waals surface area contributed by atoms with Crippen LogP contribution in [0, 0.1) is 5.82 Å². The Hall–Kier alpha value is -2.23. The number of benzene rings is 2. The van der Waals surface area contributed by atoms with Crippen LogP contribution in [0.2, 0.25) is 0 Å². The summed E-state index contributed by atoms with van der Waals surface area (Å²) in [5.74, 6) is -0.120. The van der Waals surface area contributed by atoms with Crippen LogP contribution in [0.4, 0.5) is 10.1 Å². The van der Waals surface area contributed by atoms with Gasteiger partial charge >= 0.3 is 0 Å². The minimum absolute atomic E-state index is 0.0134. The predicted octanol–water partition coefficient (Wildman–Crippen LogP) is 4.32. The number of anilines is 1. The zero-order valence-electron chi connectivity index (χ0n) is 11.6. The van der Waals surface area contributed by atoms with Gasteiger partial charge in [0.15, 0.2) is 23.1 Å². The van der Waals surface area contributed by atoms with Crippen molar-refractivity contribution in [3.8, 4) is 17.2 Å². The smallest absolute Gasteiger partial charge is 0.169 e. The maximum Gasteiger partial charge on any atom is 0.169 e. The van der Waals surface area contributed by atoms with Crippen LogP contribution in [0.25, 0.3) is 0 Å². The fourth-order valence-electron chi connectivity index (χ4n) is 1.89. The summed E-state index contributed by atoms with van der Waals surface area (Å²) in [4.78, 5) is 0. The van der Waals surface area contributed by atoms with Crippen LogP contribution in [0.3, 0.4) is 0 Å². The molecule has 0 saturated carbocycles. The molecule has 2 aromatic carbocycles. The van der Waals surface area contributed by atoms with Gasteiger partial charge in [-0.15, -0.1) is 0 Å². The first kappa shape index (κ1) is 14.2. The highest BCUT2D eigenvalue weighted by Gasteiger charge is 2.09. The van der Waals surface area contributed by atoms with Crippen molar-refractivity contribution in [2.45, 2.75) is 20.3 Å². The van der Waals surface area contributed by atoms with Crippen molar-refractivity contribution < 1.29 is 14.2 Å².